The molecule has 0 saturated heterocycles. The molecule has 0 aromatic carbocycles. The zero-order valence-electron chi connectivity index (χ0n) is 2.41. The average Bonchev–Trinajstić information content (AvgIpc) is 1.36. The van der Waals surface area contributed by atoms with Crippen LogP contribution in [0.3, 0.4) is 0 Å². The van der Waals surface area contributed by atoms with Gasteiger partial charge in [-0.1, -0.05) is 0 Å². The zero-order chi connectivity index (χ0) is 5.15. The Morgan fingerprint density at radius 1 is 0.667 bits per heavy atom. The molecule has 0 heterocycles. The summed E-state index contributed by atoms with van der Waals surface area (Å²) in [6.07, 6.45) is 0. The summed E-state index contributed by atoms with van der Waals surface area (Å²) in [6.45, 7) is 0. The molecular weight excluding hydrogens is 382 g/mol. The predicted octanol–water partition coefficient (Wildman–Crippen LogP) is 5.10. The smallest absolute Gasteiger partial charge is 0.0405 e. The first-order valence-electron chi connectivity index (χ1n) is 0.876. The van der Waals surface area contributed by atoms with Crippen LogP contribution in [-0.4, -0.2) is 0 Å². The van der Waals surface area contributed by atoms with Crippen molar-refractivity contribution in [3.63, 3.8) is 0 Å². The van der Waals surface area contributed by atoms with E-state index in [1.807, 2.05) is 0 Å². The lowest BCUT2D eigenvalue weighted by Gasteiger charge is -1.96. The van der Waals surface area contributed by atoms with Crippen LogP contribution >= 0.6 is 72.0 Å². The molecule has 0 aliphatic rings. The van der Waals surface area contributed by atoms with Gasteiger partial charge < -0.3 is 0 Å². The number of rotatable bonds is 1. The zero-order valence-corrected chi connectivity index (χ0v) is 10.5. The normalized spacial score (nSPS) is 11.0. The fourth-order valence-electron chi connectivity index (χ4n) is 0. The molecule has 6 heteroatoms. The Labute approximate surface area is 71.2 Å². The molecule has 0 saturated carbocycles. The van der Waals surface area contributed by atoms with E-state index in [0.29, 0.717) is 0 Å². The predicted molar refractivity (Wildman–Crippen MR) is 49.5 cm³/mol. The molecule has 0 nitrogen and oxygen atoms in total. The summed E-state index contributed by atoms with van der Waals surface area (Å²) in [4.78, 5) is 0. The van der Waals surface area contributed by atoms with Gasteiger partial charge in [-0.2, -0.15) is 0 Å². The molecule has 0 rings (SSSR count). The summed E-state index contributed by atoms with van der Waals surface area (Å²) < 4.78 is 0. The van der Waals surface area contributed by atoms with Crippen LogP contribution in [0.15, 0.2) is 0 Å². The second kappa shape index (κ2) is 4.64. The molecule has 0 aliphatic heterocycles. The number of hydrogen-bond donors (Lipinski definition) is 0. The minimum absolute atomic E-state index is 0.136. The van der Waals surface area contributed by atoms with Gasteiger partial charge in [-0.25, -0.2) is 0 Å². The van der Waals surface area contributed by atoms with E-state index in [-0.39, 0.29) is 10.0 Å². The third kappa shape index (κ3) is 4.93. The molecule has 0 atom stereocenters. The van der Waals surface area contributed by atoms with Crippen LogP contribution in [0.1, 0.15) is 0 Å². The van der Waals surface area contributed by atoms with E-state index < -0.39 is 0 Å². The Bertz CT molecular complexity index is 26.5. The quantitative estimate of drug-likeness (QED) is 0.554. The molecule has 0 bridgehead atoms. The Morgan fingerprint density at radius 3 is 0.833 bits per heavy atom. The monoisotopic (exact) mass is 378 g/mol. The highest BCUT2D eigenvalue weighted by atomic mass is 79.9. The van der Waals surface area contributed by atoms with Gasteiger partial charge >= 0.3 is 0 Å². The minimum atomic E-state index is -0.136. The first-order chi connectivity index (χ1) is 2.64. The lowest BCUT2D eigenvalue weighted by atomic mass is 29.9. The van der Waals surface area contributed by atoms with Crippen LogP contribution in [-0.2, 0) is 0 Å². The van der Waals surface area contributed by atoms with Crippen molar-refractivity contribution in [2.45, 2.75) is 0 Å². The molecular formula is Br4P2. The van der Waals surface area contributed by atoms with Crippen molar-refractivity contribution in [1.29, 1.82) is 0 Å². The van der Waals surface area contributed by atoms with Crippen molar-refractivity contribution < 1.29 is 0 Å². The molecule has 0 unspecified atom stereocenters. The highest BCUT2D eigenvalue weighted by Gasteiger charge is 2.04. The van der Waals surface area contributed by atoms with E-state index in [1.54, 1.807) is 0 Å². The van der Waals surface area contributed by atoms with Crippen molar-refractivity contribution in [2.75, 3.05) is 0 Å². The topological polar surface area (TPSA) is 0 Å². The minimum Gasteiger partial charge on any atom is -0.0405 e. The third-order valence-electron chi connectivity index (χ3n) is 0.114. The first-order valence-corrected chi connectivity index (χ1v) is 12.3. The molecule has 38 valence electrons. The SMILES string of the molecule is BrP(Br)P(Br)Br. The maximum Gasteiger partial charge on any atom is 0.0811 e. The van der Waals surface area contributed by atoms with E-state index in [2.05, 4.69) is 62.0 Å². The molecule has 6 heavy (non-hydrogen) atoms. The van der Waals surface area contributed by atoms with Crippen LogP contribution in [0.5, 0.6) is 0 Å². The van der Waals surface area contributed by atoms with E-state index in [4.69, 9.17) is 0 Å². The largest absolute Gasteiger partial charge is 0.0811 e. The van der Waals surface area contributed by atoms with Crippen LogP contribution in [0.4, 0.5) is 0 Å². The molecule has 0 spiro atoms. The number of hydrogen-bond acceptors (Lipinski definition) is 0. The summed E-state index contributed by atoms with van der Waals surface area (Å²) in [5.74, 6) is 0. The highest BCUT2D eigenvalue weighted by molar-refractivity contribution is 9.93. The molecule has 0 fully saturated rings. The summed E-state index contributed by atoms with van der Waals surface area (Å²) in [6, 6.07) is 0. The second-order valence-corrected chi connectivity index (χ2v) is 24.5. The van der Waals surface area contributed by atoms with Crippen molar-refractivity contribution in [3.05, 3.63) is 0 Å². The van der Waals surface area contributed by atoms with Gasteiger partial charge in [0.1, 0.15) is 0 Å². The summed E-state index contributed by atoms with van der Waals surface area (Å²) in [5, 5.41) is -0.273. The standard InChI is InChI=1S/Br4P2/c1-5(2)6(3)4. The van der Waals surface area contributed by atoms with Gasteiger partial charge in [0, 0.05) is 0 Å². The van der Waals surface area contributed by atoms with Gasteiger partial charge in [0.2, 0.25) is 0 Å². The molecule has 0 aliphatic carbocycles. The second-order valence-electron chi connectivity index (χ2n) is 0.430. The van der Waals surface area contributed by atoms with Gasteiger partial charge in [0.25, 0.3) is 0 Å². The Morgan fingerprint density at radius 2 is 0.833 bits per heavy atom. The lowest BCUT2D eigenvalue weighted by molar-refractivity contribution is 5.36. The van der Waals surface area contributed by atoms with Gasteiger partial charge in [-0.05, 0) is 62.0 Å². The van der Waals surface area contributed by atoms with Crippen molar-refractivity contribution in [1.82, 2.24) is 0 Å². The average molecular weight is 382 g/mol. The molecule has 0 amide bonds. The highest BCUT2D eigenvalue weighted by Crippen LogP contribution is 2.86. The van der Waals surface area contributed by atoms with E-state index >= 15 is 0 Å². The Balaban J connectivity index is 2.99. The molecule has 0 aromatic rings. The summed E-state index contributed by atoms with van der Waals surface area (Å²) in [5.41, 5.74) is 0. The van der Waals surface area contributed by atoms with Crippen molar-refractivity contribution in [2.24, 2.45) is 0 Å². The van der Waals surface area contributed by atoms with Crippen LogP contribution < -0.4 is 0 Å². The van der Waals surface area contributed by atoms with Crippen molar-refractivity contribution >= 4 is 72.0 Å². The first kappa shape index (κ1) is 8.78. The maximum atomic E-state index is 3.36. The van der Waals surface area contributed by atoms with Gasteiger partial charge in [0.05, 0.1) is 10.0 Å². The Hall–Kier alpha value is 2.78. The van der Waals surface area contributed by atoms with Crippen LogP contribution in [0.2, 0.25) is 0 Å². The molecule has 0 N–H and O–H groups in total. The lowest BCUT2D eigenvalue weighted by Crippen LogP contribution is -1.14. The van der Waals surface area contributed by atoms with E-state index in [0.717, 1.165) is 0 Å². The fraction of sp³-hybridized carbons (Fsp3) is 0. The van der Waals surface area contributed by atoms with Crippen LogP contribution in [0, 0.1) is 0 Å². The summed E-state index contributed by atoms with van der Waals surface area (Å²) in [7, 11) is 0. The maximum absolute atomic E-state index is 3.36. The van der Waals surface area contributed by atoms with Crippen molar-refractivity contribution in [3.8, 4) is 0 Å². The van der Waals surface area contributed by atoms with Gasteiger partial charge in [0.15, 0.2) is 0 Å². The third-order valence-corrected chi connectivity index (χ3v) is 27.8. The van der Waals surface area contributed by atoms with E-state index in [1.165, 1.54) is 0 Å². The van der Waals surface area contributed by atoms with Gasteiger partial charge in [-0.15, -0.1) is 0 Å². The van der Waals surface area contributed by atoms with Crippen LogP contribution in [0.25, 0.3) is 0 Å². The number of halogens is 4. The Kier molecular flexibility index (Phi) is 6.79. The van der Waals surface area contributed by atoms with E-state index in [9.17, 15) is 0 Å². The van der Waals surface area contributed by atoms with Gasteiger partial charge in [-0.3, -0.25) is 0 Å². The summed E-state index contributed by atoms with van der Waals surface area (Å²) >= 11 is 13.4. The fourth-order valence-corrected chi connectivity index (χ4v) is 0. The molecule has 0 radical (unpaired) electrons. The molecule has 0 aromatic heterocycles.